The number of nitrogens with zero attached hydrogens (tertiary/aromatic N) is 3. The number of anilines is 2. The van der Waals surface area contributed by atoms with Crippen LogP contribution in [0.5, 0.6) is 5.88 Å². The molecule has 3 N–H and O–H groups in total. The summed E-state index contributed by atoms with van der Waals surface area (Å²) in [5.74, 6) is -0.600. The zero-order valence-electron chi connectivity index (χ0n) is 14.5. The molecular formula is C17H16F3N5O2. The maximum atomic E-state index is 12.8. The first-order valence-corrected chi connectivity index (χ1v) is 7.72. The minimum absolute atomic E-state index is 0.00624. The fourth-order valence-corrected chi connectivity index (χ4v) is 2.31. The fraction of sp³-hybridized carbons (Fsp3) is 0.294. The van der Waals surface area contributed by atoms with Crippen molar-refractivity contribution in [1.82, 2.24) is 9.97 Å². The molecule has 2 aromatic rings. The maximum absolute atomic E-state index is 12.8. The van der Waals surface area contributed by atoms with E-state index < -0.39 is 23.6 Å². The van der Waals surface area contributed by atoms with E-state index in [0.717, 1.165) is 12.1 Å². The van der Waals surface area contributed by atoms with E-state index in [4.69, 9.17) is 10.5 Å². The lowest BCUT2D eigenvalue weighted by atomic mass is 10.0. The summed E-state index contributed by atoms with van der Waals surface area (Å²) in [5.41, 5.74) is 4.91. The first-order chi connectivity index (χ1) is 12.7. The predicted molar refractivity (Wildman–Crippen MR) is 91.0 cm³/mol. The topological polar surface area (TPSA) is 114 Å². The molecule has 142 valence electrons. The number of carbonyl (C=O) groups is 1. The number of nitrogens with one attached hydrogen (secondary N) is 1. The predicted octanol–water partition coefficient (Wildman–Crippen LogP) is 2.57. The molecule has 0 spiro atoms. The Morgan fingerprint density at radius 3 is 2.70 bits per heavy atom. The van der Waals surface area contributed by atoms with Crippen LogP contribution in [-0.2, 0) is 17.4 Å². The van der Waals surface area contributed by atoms with Gasteiger partial charge in [-0.3, -0.25) is 4.79 Å². The van der Waals surface area contributed by atoms with Crippen molar-refractivity contribution < 1.29 is 22.7 Å². The van der Waals surface area contributed by atoms with Gasteiger partial charge in [0.15, 0.2) is 17.2 Å². The van der Waals surface area contributed by atoms with Crippen LogP contribution in [0, 0.1) is 11.3 Å². The second-order valence-electron chi connectivity index (χ2n) is 5.63. The minimum Gasteiger partial charge on any atom is -0.480 e. The molecule has 27 heavy (non-hydrogen) atoms. The molecule has 0 saturated carbocycles. The highest BCUT2D eigenvalue weighted by molar-refractivity contribution is 5.88. The smallest absolute Gasteiger partial charge is 0.416 e. The number of methoxy groups -OCH3 is 1. The number of hydrogen-bond acceptors (Lipinski definition) is 7. The highest BCUT2D eigenvalue weighted by atomic mass is 19.4. The SMILES string of the molecule is COc1nc(N)nc(N[C@@H](C)C(=O)Cc2cccc(C(F)(F)F)c2)c1C#N. The fourth-order valence-electron chi connectivity index (χ4n) is 2.31. The number of rotatable bonds is 6. The summed E-state index contributed by atoms with van der Waals surface area (Å²) >= 11 is 0. The number of Topliss-reactive ketones (excluding diaryl/α,β-unsaturated/α-hetero) is 1. The summed E-state index contributed by atoms with van der Waals surface area (Å²) < 4.78 is 43.3. The van der Waals surface area contributed by atoms with Crippen molar-refractivity contribution in [2.24, 2.45) is 0 Å². The molecule has 0 aliphatic rings. The Hall–Kier alpha value is -3.35. The molecule has 0 saturated heterocycles. The molecule has 1 heterocycles. The van der Waals surface area contributed by atoms with E-state index in [-0.39, 0.29) is 35.2 Å². The summed E-state index contributed by atoms with van der Waals surface area (Å²) in [6.07, 6.45) is -4.71. The molecule has 0 fully saturated rings. The van der Waals surface area contributed by atoms with Crippen molar-refractivity contribution in [2.45, 2.75) is 25.6 Å². The van der Waals surface area contributed by atoms with Gasteiger partial charge < -0.3 is 15.8 Å². The Morgan fingerprint density at radius 1 is 1.41 bits per heavy atom. The largest absolute Gasteiger partial charge is 0.480 e. The number of nitrogen functional groups attached to an aromatic ring is 1. The van der Waals surface area contributed by atoms with Crippen molar-refractivity contribution in [3.05, 3.63) is 41.0 Å². The van der Waals surface area contributed by atoms with Crippen LogP contribution in [0.1, 0.15) is 23.6 Å². The van der Waals surface area contributed by atoms with Gasteiger partial charge in [-0.2, -0.15) is 28.4 Å². The number of ether oxygens (including phenoxy) is 1. The number of ketones is 1. The Morgan fingerprint density at radius 2 is 2.11 bits per heavy atom. The number of aromatic nitrogens is 2. The standard InChI is InChI=1S/C17H16F3N5O2/c1-9(23-14-12(8-21)15(27-2)25-16(22)24-14)13(26)7-10-4-3-5-11(6-10)17(18,19)20/h3-6,9H,7H2,1-2H3,(H3,22,23,24,25)/t9-/m0/s1. The monoisotopic (exact) mass is 379 g/mol. The lowest BCUT2D eigenvalue weighted by molar-refractivity contribution is -0.137. The average Bonchev–Trinajstić information content (AvgIpc) is 2.60. The molecule has 0 bridgehead atoms. The van der Waals surface area contributed by atoms with Crippen molar-refractivity contribution in [1.29, 1.82) is 5.26 Å². The number of nitriles is 1. The maximum Gasteiger partial charge on any atom is 0.416 e. The van der Waals surface area contributed by atoms with E-state index >= 15 is 0 Å². The number of benzene rings is 1. The molecule has 0 unspecified atom stereocenters. The molecule has 1 aromatic carbocycles. The van der Waals surface area contributed by atoms with Gasteiger partial charge >= 0.3 is 6.18 Å². The number of alkyl halides is 3. The van der Waals surface area contributed by atoms with Crippen LogP contribution in [0.3, 0.4) is 0 Å². The Kier molecular flexibility index (Phi) is 5.85. The Balaban J connectivity index is 2.18. The van der Waals surface area contributed by atoms with Crippen LogP contribution < -0.4 is 15.8 Å². The van der Waals surface area contributed by atoms with Gasteiger partial charge in [-0.1, -0.05) is 18.2 Å². The molecule has 0 amide bonds. The molecule has 0 radical (unpaired) electrons. The van der Waals surface area contributed by atoms with E-state index in [9.17, 15) is 23.2 Å². The van der Waals surface area contributed by atoms with E-state index in [1.54, 1.807) is 0 Å². The second kappa shape index (κ2) is 7.90. The molecule has 2 rings (SSSR count). The minimum atomic E-state index is -4.49. The third kappa shape index (κ3) is 4.84. The number of carbonyl (C=O) groups excluding carboxylic acids is 1. The van der Waals surface area contributed by atoms with Crippen LogP contribution in [0.2, 0.25) is 0 Å². The molecule has 0 aliphatic heterocycles. The van der Waals surface area contributed by atoms with Gasteiger partial charge in [-0.15, -0.1) is 0 Å². The highest BCUT2D eigenvalue weighted by Gasteiger charge is 2.30. The van der Waals surface area contributed by atoms with Crippen molar-refractivity contribution >= 4 is 17.5 Å². The normalized spacial score (nSPS) is 12.1. The van der Waals surface area contributed by atoms with Crippen LogP contribution in [-0.4, -0.2) is 28.9 Å². The number of nitrogens with two attached hydrogens (primary N) is 1. The van der Waals surface area contributed by atoms with Crippen molar-refractivity contribution in [3.63, 3.8) is 0 Å². The highest BCUT2D eigenvalue weighted by Crippen LogP contribution is 2.30. The van der Waals surface area contributed by atoms with Gasteiger partial charge in [0.2, 0.25) is 11.8 Å². The number of halogens is 3. The van der Waals surface area contributed by atoms with Crippen LogP contribution in [0.25, 0.3) is 0 Å². The van der Waals surface area contributed by atoms with Gasteiger partial charge in [-0.25, -0.2) is 0 Å². The van der Waals surface area contributed by atoms with Gasteiger partial charge in [0.25, 0.3) is 0 Å². The Labute approximate surface area is 153 Å². The quantitative estimate of drug-likeness (QED) is 0.793. The second-order valence-corrected chi connectivity index (χ2v) is 5.63. The Bertz CT molecular complexity index is 893. The van der Waals surface area contributed by atoms with Crippen molar-refractivity contribution in [3.8, 4) is 11.9 Å². The lowest BCUT2D eigenvalue weighted by Gasteiger charge is -2.16. The zero-order valence-corrected chi connectivity index (χ0v) is 14.5. The first-order valence-electron chi connectivity index (χ1n) is 7.72. The third-order valence-corrected chi connectivity index (χ3v) is 3.67. The summed E-state index contributed by atoms with van der Waals surface area (Å²) in [6.45, 7) is 1.50. The average molecular weight is 379 g/mol. The van der Waals surface area contributed by atoms with Gasteiger partial charge in [0.05, 0.1) is 18.7 Å². The van der Waals surface area contributed by atoms with E-state index in [1.807, 2.05) is 6.07 Å². The zero-order chi connectivity index (χ0) is 20.2. The first kappa shape index (κ1) is 20.0. The van der Waals surface area contributed by atoms with Crippen LogP contribution >= 0.6 is 0 Å². The van der Waals surface area contributed by atoms with E-state index in [0.29, 0.717) is 0 Å². The molecule has 7 nitrogen and oxygen atoms in total. The summed E-state index contributed by atoms with van der Waals surface area (Å²) in [7, 11) is 1.30. The van der Waals surface area contributed by atoms with Crippen LogP contribution in [0.15, 0.2) is 24.3 Å². The van der Waals surface area contributed by atoms with Gasteiger partial charge in [-0.05, 0) is 18.6 Å². The number of hydrogen-bond donors (Lipinski definition) is 2. The lowest BCUT2D eigenvalue weighted by Crippen LogP contribution is -2.29. The van der Waals surface area contributed by atoms with Crippen LogP contribution in [0.4, 0.5) is 24.9 Å². The van der Waals surface area contributed by atoms with Gasteiger partial charge in [0.1, 0.15) is 6.07 Å². The molecule has 10 heteroatoms. The summed E-state index contributed by atoms with van der Waals surface area (Å²) in [4.78, 5) is 20.0. The molecule has 0 aliphatic carbocycles. The summed E-state index contributed by atoms with van der Waals surface area (Å²) in [5, 5.41) is 12.0. The van der Waals surface area contributed by atoms with Gasteiger partial charge in [0, 0.05) is 6.42 Å². The third-order valence-electron chi connectivity index (χ3n) is 3.67. The molecule has 1 aromatic heterocycles. The molecular weight excluding hydrogens is 363 g/mol. The molecule has 1 atom stereocenters. The summed E-state index contributed by atoms with van der Waals surface area (Å²) in [6, 6.07) is 5.56. The van der Waals surface area contributed by atoms with E-state index in [1.165, 1.54) is 26.2 Å². The van der Waals surface area contributed by atoms with Crippen molar-refractivity contribution in [2.75, 3.05) is 18.2 Å². The van der Waals surface area contributed by atoms with E-state index in [2.05, 4.69) is 15.3 Å².